The van der Waals surface area contributed by atoms with Gasteiger partial charge in [0, 0.05) is 5.69 Å². The van der Waals surface area contributed by atoms with E-state index in [9.17, 15) is 22.8 Å². The van der Waals surface area contributed by atoms with Crippen LogP contribution in [0, 0.1) is 0 Å². The lowest BCUT2D eigenvalue weighted by molar-refractivity contribution is -0.137. The molecule has 26 heavy (non-hydrogen) atoms. The van der Waals surface area contributed by atoms with Crippen LogP contribution in [0.5, 0.6) is 0 Å². The first-order chi connectivity index (χ1) is 12.2. The highest BCUT2D eigenvalue weighted by Crippen LogP contribution is 2.30. The summed E-state index contributed by atoms with van der Waals surface area (Å²) >= 11 is 5.96. The van der Waals surface area contributed by atoms with E-state index in [-0.39, 0.29) is 28.5 Å². The SMILES string of the molecule is COC(=O)c1ccc(Cl)c(NC(=O)CNc2cccc(C(F)(F)F)c2)c1. The normalized spacial score (nSPS) is 11.0. The first-order valence-corrected chi connectivity index (χ1v) is 7.67. The fraction of sp³-hybridized carbons (Fsp3) is 0.176. The van der Waals surface area contributed by atoms with Crippen molar-refractivity contribution in [3.8, 4) is 0 Å². The summed E-state index contributed by atoms with van der Waals surface area (Å²) in [4.78, 5) is 23.5. The van der Waals surface area contributed by atoms with Gasteiger partial charge in [-0.3, -0.25) is 4.79 Å². The number of halogens is 4. The van der Waals surface area contributed by atoms with E-state index in [1.54, 1.807) is 0 Å². The van der Waals surface area contributed by atoms with Gasteiger partial charge < -0.3 is 15.4 Å². The van der Waals surface area contributed by atoms with Crippen LogP contribution in [-0.2, 0) is 15.7 Å². The Labute approximate surface area is 152 Å². The summed E-state index contributed by atoms with van der Waals surface area (Å²) in [5.41, 5.74) is -0.301. The molecule has 0 aromatic heterocycles. The molecule has 2 aromatic rings. The van der Waals surface area contributed by atoms with Gasteiger partial charge in [-0.05, 0) is 36.4 Å². The van der Waals surface area contributed by atoms with Gasteiger partial charge in [0.15, 0.2) is 0 Å². The lowest BCUT2D eigenvalue weighted by Crippen LogP contribution is -2.22. The van der Waals surface area contributed by atoms with Gasteiger partial charge in [-0.2, -0.15) is 13.2 Å². The number of amides is 1. The van der Waals surface area contributed by atoms with Crippen LogP contribution in [0.15, 0.2) is 42.5 Å². The van der Waals surface area contributed by atoms with Gasteiger partial charge in [-0.15, -0.1) is 0 Å². The Bertz CT molecular complexity index is 825. The summed E-state index contributed by atoms with van der Waals surface area (Å²) in [6.07, 6.45) is -4.47. The van der Waals surface area contributed by atoms with Crippen molar-refractivity contribution in [1.29, 1.82) is 0 Å². The minimum absolute atomic E-state index is 0.143. The third-order valence-corrected chi connectivity index (χ3v) is 3.63. The number of ether oxygens (including phenoxy) is 1. The number of anilines is 2. The fourth-order valence-electron chi connectivity index (χ4n) is 2.05. The molecule has 138 valence electrons. The molecule has 0 saturated carbocycles. The number of carbonyl (C=O) groups excluding carboxylic acids is 2. The topological polar surface area (TPSA) is 67.4 Å². The Morgan fingerprint density at radius 2 is 1.88 bits per heavy atom. The van der Waals surface area contributed by atoms with Gasteiger partial charge in [0.05, 0.1) is 35.5 Å². The molecular formula is C17H14ClF3N2O3. The highest BCUT2D eigenvalue weighted by molar-refractivity contribution is 6.33. The highest BCUT2D eigenvalue weighted by atomic mass is 35.5. The Morgan fingerprint density at radius 3 is 2.54 bits per heavy atom. The summed E-state index contributed by atoms with van der Waals surface area (Å²) in [7, 11) is 1.22. The molecule has 0 aliphatic carbocycles. The van der Waals surface area contributed by atoms with E-state index in [1.165, 1.54) is 37.4 Å². The number of hydrogen-bond acceptors (Lipinski definition) is 4. The molecule has 0 unspecified atom stereocenters. The lowest BCUT2D eigenvalue weighted by atomic mass is 10.2. The van der Waals surface area contributed by atoms with Gasteiger partial charge in [-0.1, -0.05) is 17.7 Å². The molecule has 2 rings (SSSR count). The van der Waals surface area contributed by atoms with Crippen LogP contribution in [0.1, 0.15) is 15.9 Å². The molecule has 0 atom stereocenters. The van der Waals surface area contributed by atoms with Crippen molar-refractivity contribution >= 4 is 34.9 Å². The van der Waals surface area contributed by atoms with Crippen molar-refractivity contribution < 1.29 is 27.5 Å². The minimum atomic E-state index is -4.47. The molecule has 5 nitrogen and oxygen atoms in total. The zero-order chi connectivity index (χ0) is 19.3. The smallest absolute Gasteiger partial charge is 0.416 e. The first-order valence-electron chi connectivity index (χ1n) is 7.29. The number of nitrogens with one attached hydrogen (secondary N) is 2. The Morgan fingerprint density at radius 1 is 1.15 bits per heavy atom. The van der Waals surface area contributed by atoms with Crippen molar-refractivity contribution in [1.82, 2.24) is 0 Å². The molecule has 9 heteroatoms. The summed E-state index contributed by atoms with van der Waals surface area (Å²) in [5.74, 6) is -1.15. The van der Waals surface area contributed by atoms with Crippen LogP contribution in [0.3, 0.4) is 0 Å². The number of hydrogen-bond donors (Lipinski definition) is 2. The predicted molar refractivity (Wildman–Crippen MR) is 91.4 cm³/mol. The van der Waals surface area contributed by atoms with Crippen LogP contribution in [0.25, 0.3) is 0 Å². The summed E-state index contributed by atoms with van der Waals surface area (Å²) in [6.45, 7) is -0.292. The number of methoxy groups -OCH3 is 1. The van der Waals surface area contributed by atoms with Crippen LogP contribution in [0.4, 0.5) is 24.5 Å². The summed E-state index contributed by atoms with van der Waals surface area (Å²) < 4.78 is 42.6. The first kappa shape index (κ1) is 19.6. The molecule has 0 heterocycles. The van der Waals surface area contributed by atoms with Crippen molar-refractivity contribution in [2.75, 3.05) is 24.3 Å². The monoisotopic (exact) mass is 386 g/mol. The average molecular weight is 387 g/mol. The molecule has 0 saturated heterocycles. The molecule has 0 aliphatic heterocycles. The maximum atomic E-state index is 12.7. The maximum Gasteiger partial charge on any atom is 0.416 e. The zero-order valence-electron chi connectivity index (χ0n) is 13.5. The molecule has 0 aliphatic rings. The van der Waals surface area contributed by atoms with E-state index in [0.29, 0.717) is 0 Å². The number of rotatable bonds is 5. The van der Waals surface area contributed by atoms with Crippen molar-refractivity contribution in [3.63, 3.8) is 0 Å². The fourth-order valence-corrected chi connectivity index (χ4v) is 2.21. The molecule has 2 aromatic carbocycles. The van der Waals surface area contributed by atoms with Gasteiger partial charge in [0.2, 0.25) is 5.91 Å². The molecule has 0 radical (unpaired) electrons. The Hall–Kier alpha value is -2.74. The van der Waals surface area contributed by atoms with Crippen molar-refractivity contribution in [2.24, 2.45) is 0 Å². The van der Waals surface area contributed by atoms with Crippen molar-refractivity contribution in [2.45, 2.75) is 6.18 Å². The van der Waals surface area contributed by atoms with Gasteiger partial charge >= 0.3 is 12.1 Å². The lowest BCUT2D eigenvalue weighted by Gasteiger charge is -2.12. The average Bonchev–Trinajstić information content (AvgIpc) is 2.60. The third-order valence-electron chi connectivity index (χ3n) is 3.30. The molecule has 0 fully saturated rings. The second kappa shape index (κ2) is 8.09. The van der Waals surface area contributed by atoms with E-state index < -0.39 is 23.6 Å². The van der Waals surface area contributed by atoms with Crippen LogP contribution in [0.2, 0.25) is 5.02 Å². The molecular weight excluding hydrogens is 373 g/mol. The van der Waals surface area contributed by atoms with E-state index in [0.717, 1.165) is 12.1 Å². The van der Waals surface area contributed by atoms with Gasteiger partial charge in [0.25, 0.3) is 0 Å². The highest BCUT2D eigenvalue weighted by Gasteiger charge is 2.30. The third kappa shape index (κ3) is 5.13. The van der Waals surface area contributed by atoms with E-state index >= 15 is 0 Å². The Balaban J connectivity index is 2.03. The Kier molecular flexibility index (Phi) is 6.10. The summed E-state index contributed by atoms with van der Waals surface area (Å²) in [5, 5.41) is 5.28. The van der Waals surface area contributed by atoms with Gasteiger partial charge in [0.1, 0.15) is 0 Å². The molecule has 1 amide bonds. The quantitative estimate of drug-likeness (QED) is 0.756. The van der Waals surface area contributed by atoms with Crippen LogP contribution >= 0.6 is 11.6 Å². The number of esters is 1. The molecule has 2 N–H and O–H groups in total. The van der Waals surface area contributed by atoms with Crippen LogP contribution in [-0.4, -0.2) is 25.5 Å². The standard InChI is InChI=1S/C17H14ClF3N2O3/c1-26-16(25)10-5-6-13(18)14(7-10)23-15(24)9-22-12-4-2-3-11(8-12)17(19,20)21/h2-8,22H,9H2,1H3,(H,23,24). The van der Waals surface area contributed by atoms with E-state index in [2.05, 4.69) is 15.4 Å². The maximum absolute atomic E-state index is 12.7. The van der Waals surface area contributed by atoms with Crippen molar-refractivity contribution in [3.05, 3.63) is 58.6 Å². The summed E-state index contributed by atoms with van der Waals surface area (Å²) in [6, 6.07) is 8.68. The van der Waals surface area contributed by atoms with E-state index in [1.807, 2.05) is 0 Å². The minimum Gasteiger partial charge on any atom is -0.465 e. The predicted octanol–water partition coefficient (Wildman–Crippen LogP) is 4.20. The van der Waals surface area contributed by atoms with Gasteiger partial charge in [-0.25, -0.2) is 4.79 Å². The second-order valence-corrected chi connectivity index (χ2v) is 5.57. The molecule has 0 bridgehead atoms. The zero-order valence-corrected chi connectivity index (χ0v) is 14.2. The van der Waals surface area contributed by atoms with Crippen LogP contribution < -0.4 is 10.6 Å². The van der Waals surface area contributed by atoms with E-state index in [4.69, 9.17) is 11.6 Å². The molecule has 0 spiro atoms. The number of carbonyl (C=O) groups is 2. The largest absolute Gasteiger partial charge is 0.465 e. The number of alkyl halides is 3. The second-order valence-electron chi connectivity index (χ2n) is 5.17. The number of benzene rings is 2.